The van der Waals surface area contributed by atoms with Gasteiger partial charge in [0, 0.05) is 26.1 Å². The number of sulfonamides is 1. The van der Waals surface area contributed by atoms with Crippen LogP contribution in [0, 0.1) is 0 Å². The fourth-order valence-electron chi connectivity index (χ4n) is 6.29. The van der Waals surface area contributed by atoms with Gasteiger partial charge in [0.15, 0.2) is 0 Å². The summed E-state index contributed by atoms with van der Waals surface area (Å²) in [7, 11) is -3.70. The number of fused-ring (bicyclic) bond motifs is 1. The summed E-state index contributed by atoms with van der Waals surface area (Å²) in [6.45, 7) is 10.7. The molecule has 0 spiro atoms. The highest BCUT2D eigenvalue weighted by Crippen LogP contribution is 2.39. The first-order valence-corrected chi connectivity index (χ1v) is 20.9. The molecule has 2 aliphatic rings. The molecule has 1 amide bonds. The molecule has 2 atom stereocenters. The van der Waals surface area contributed by atoms with E-state index in [4.69, 9.17) is 37.9 Å². The highest BCUT2D eigenvalue weighted by atomic mass is 32.2. The van der Waals surface area contributed by atoms with E-state index < -0.39 is 10.0 Å². The van der Waals surface area contributed by atoms with Crippen molar-refractivity contribution in [1.29, 1.82) is 0 Å². The van der Waals surface area contributed by atoms with Gasteiger partial charge in [-0.15, -0.1) is 0 Å². The molecule has 0 radical (unpaired) electrons. The van der Waals surface area contributed by atoms with Crippen molar-refractivity contribution in [2.24, 2.45) is 0 Å². The zero-order valence-electron chi connectivity index (χ0n) is 31.9. The lowest BCUT2D eigenvalue weighted by molar-refractivity contribution is -0.122. The largest absolute Gasteiger partial charge is 0.484 e. The molecule has 1 fully saturated rings. The minimum absolute atomic E-state index is 0.0878. The number of ether oxygens (including phenoxy) is 8. The van der Waals surface area contributed by atoms with Crippen molar-refractivity contribution < 1.29 is 51.1 Å². The second kappa shape index (κ2) is 26.2. The van der Waals surface area contributed by atoms with Crippen LogP contribution in [0.2, 0.25) is 0 Å². The van der Waals surface area contributed by atoms with Gasteiger partial charge < -0.3 is 43.2 Å². The maximum atomic E-state index is 12.9. The normalized spacial score (nSPS) is 17.4. The van der Waals surface area contributed by atoms with E-state index in [0.29, 0.717) is 98.2 Å². The van der Waals surface area contributed by atoms with Gasteiger partial charge in [0.05, 0.1) is 96.8 Å². The first-order valence-electron chi connectivity index (χ1n) is 19.4. The molecule has 0 aromatic heterocycles. The Bertz CT molecular complexity index is 1410. The number of nitrogens with zero attached hydrogens (tertiary/aromatic N) is 1. The number of carbonyl (C=O) groups is 1. The third-order valence-electron chi connectivity index (χ3n) is 9.04. The lowest BCUT2D eigenvalue weighted by Gasteiger charge is -2.35. The highest BCUT2D eigenvalue weighted by Gasteiger charge is 2.38. The molecule has 0 saturated carbocycles. The molecule has 54 heavy (non-hydrogen) atoms. The lowest BCUT2D eigenvalue weighted by Crippen LogP contribution is -2.43. The first kappa shape index (κ1) is 44.0. The Balaban J connectivity index is 0.957. The summed E-state index contributed by atoms with van der Waals surface area (Å²) in [6, 6.07) is 15.4. The van der Waals surface area contributed by atoms with E-state index >= 15 is 0 Å². The Morgan fingerprint density at radius 3 is 1.87 bits per heavy atom. The van der Waals surface area contributed by atoms with Crippen LogP contribution in [-0.4, -0.2) is 144 Å². The molecular formula is C39H61N3O11S. The van der Waals surface area contributed by atoms with Crippen molar-refractivity contribution >= 4 is 15.9 Å². The van der Waals surface area contributed by atoms with Gasteiger partial charge in [-0.3, -0.25) is 9.69 Å². The van der Waals surface area contributed by atoms with Crippen LogP contribution < -0.4 is 14.8 Å². The van der Waals surface area contributed by atoms with Crippen LogP contribution in [0.3, 0.4) is 0 Å². The standard InChI is InChI=1S/C39H61N3O11S/c1-2-46-22-23-50-30-31-51-27-24-47-19-14-38(43)40-15-20-48-25-28-52-29-26-49-21-16-41-54(44,45)35-12-10-34(11-13-35)53-39-36-9-5-4-8-33(36)32-37(39)42-17-6-3-7-18-42/h4-5,8-13,37,39,41H,2-3,6-7,14-32H2,1H3,(H,40,43)/t37-,39-/m0/s1. The number of carbonyl (C=O) groups excluding carboxylic acids is 1. The summed E-state index contributed by atoms with van der Waals surface area (Å²) in [5.41, 5.74) is 2.54. The van der Waals surface area contributed by atoms with Crippen LogP contribution in [0.4, 0.5) is 0 Å². The zero-order chi connectivity index (χ0) is 38.1. The van der Waals surface area contributed by atoms with Crippen molar-refractivity contribution in [3.8, 4) is 5.75 Å². The van der Waals surface area contributed by atoms with E-state index in [1.54, 1.807) is 24.3 Å². The quantitative estimate of drug-likeness (QED) is 0.112. The van der Waals surface area contributed by atoms with Gasteiger partial charge >= 0.3 is 0 Å². The average Bonchev–Trinajstić information content (AvgIpc) is 3.55. The second-order valence-corrected chi connectivity index (χ2v) is 14.7. The summed E-state index contributed by atoms with van der Waals surface area (Å²) < 4.78 is 72.7. The Morgan fingerprint density at radius 1 is 0.685 bits per heavy atom. The molecule has 1 aliphatic carbocycles. The molecule has 0 bridgehead atoms. The van der Waals surface area contributed by atoms with Gasteiger partial charge in [0.2, 0.25) is 15.9 Å². The number of amides is 1. The number of rotatable bonds is 30. The Morgan fingerprint density at radius 2 is 1.24 bits per heavy atom. The van der Waals surface area contributed by atoms with Gasteiger partial charge in [-0.05, 0) is 74.7 Å². The van der Waals surface area contributed by atoms with Crippen molar-refractivity contribution in [2.75, 3.05) is 119 Å². The van der Waals surface area contributed by atoms with Gasteiger partial charge in [0.1, 0.15) is 11.9 Å². The third kappa shape index (κ3) is 16.6. The molecule has 2 aromatic carbocycles. The van der Waals surface area contributed by atoms with E-state index in [2.05, 4.69) is 39.2 Å². The van der Waals surface area contributed by atoms with Crippen LogP contribution in [0.25, 0.3) is 0 Å². The summed E-state index contributed by atoms with van der Waals surface area (Å²) in [4.78, 5) is 14.6. The topological polar surface area (TPSA) is 152 Å². The van der Waals surface area contributed by atoms with Crippen LogP contribution in [0.5, 0.6) is 5.75 Å². The molecule has 0 unspecified atom stereocenters. The predicted octanol–water partition coefficient (Wildman–Crippen LogP) is 3.14. The lowest BCUT2D eigenvalue weighted by atomic mass is 10.0. The highest BCUT2D eigenvalue weighted by molar-refractivity contribution is 7.89. The Kier molecular flexibility index (Phi) is 21.4. The minimum Gasteiger partial charge on any atom is -0.484 e. The monoisotopic (exact) mass is 779 g/mol. The number of hydrogen-bond acceptors (Lipinski definition) is 12. The summed E-state index contributed by atoms with van der Waals surface area (Å²) in [5, 5.41) is 2.79. The van der Waals surface area contributed by atoms with Gasteiger partial charge in [-0.1, -0.05) is 30.7 Å². The molecular weight excluding hydrogens is 719 g/mol. The molecule has 1 heterocycles. The third-order valence-corrected chi connectivity index (χ3v) is 10.5. The smallest absolute Gasteiger partial charge is 0.240 e. The number of piperidine rings is 1. The van der Waals surface area contributed by atoms with Crippen molar-refractivity contribution in [3.63, 3.8) is 0 Å². The summed E-state index contributed by atoms with van der Waals surface area (Å²) >= 11 is 0. The van der Waals surface area contributed by atoms with Crippen LogP contribution in [0.1, 0.15) is 49.8 Å². The molecule has 4 rings (SSSR count). The maximum absolute atomic E-state index is 12.9. The van der Waals surface area contributed by atoms with Gasteiger partial charge in [0.25, 0.3) is 0 Å². The fraction of sp³-hybridized carbons (Fsp3) is 0.667. The van der Waals surface area contributed by atoms with E-state index in [-0.39, 0.29) is 42.5 Å². The van der Waals surface area contributed by atoms with Crippen molar-refractivity contribution in [2.45, 2.75) is 56.1 Å². The Hall–Kier alpha value is -2.70. The van der Waals surface area contributed by atoms with Gasteiger partial charge in [-0.25, -0.2) is 13.1 Å². The summed E-state index contributed by atoms with van der Waals surface area (Å²) in [5.74, 6) is 0.549. The number of likely N-dealkylation sites (tertiary alicyclic amines) is 1. The molecule has 304 valence electrons. The number of hydrogen-bond donors (Lipinski definition) is 2. The van der Waals surface area contributed by atoms with E-state index in [1.807, 2.05) is 6.92 Å². The molecule has 2 aromatic rings. The maximum Gasteiger partial charge on any atom is 0.240 e. The van der Waals surface area contributed by atoms with E-state index in [1.165, 1.54) is 30.4 Å². The first-order chi connectivity index (χ1) is 26.5. The molecule has 14 nitrogen and oxygen atoms in total. The number of nitrogens with one attached hydrogen (secondary N) is 2. The van der Waals surface area contributed by atoms with Gasteiger partial charge in [-0.2, -0.15) is 0 Å². The SMILES string of the molecule is CCOCCOCCOCCOCCC(=O)NCCOCCOCCOCCNS(=O)(=O)c1ccc(O[C@H]2c3ccccc3C[C@@H]2N2CCCCC2)cc1. The van der Waals surface area contributed by atoms with E-state index in [0.717, 1.165) is 19.5 Å². The van der Waals surface area contributed by atoms with Crippen LogP contribution >= 0.6 is 0 Å². The van der Waals surface area contributed by atoms with Crippen LogP contribution in [0.15, 0.2) is 53.4 Å². The molecule has 15 heteroatoms. The predicted molar refractivity (Wildman–Crippen MR) is 203 cm³/mol. The van der Waals surface area contributed by atoms with Crippen molar-refractivity contribution in [1.82, 2.24) is 14.9 Å². The molecule has 1 saturated heterocycles. The van der Waals surface area contributed by atoms with Crippen molar-refractivity contribution in [3.05, 3.63) is 59.7 Å². The van der Waals surface area contributed by atoms with E-state index in [9.17, 15) is 13.2 Å². The number of benzene rings is 2. The summed E-state index contributed by atoms with van der Waals surface area (Å²) in [6.07, 6.45) is 4.84. The molecule has 1 aliphatic heterocycles. The zero-order valence-corrected chi connectivity index (χ0v) is 32.7. The Labute approximate surface area is 321 Å². The fourth-order valence-corrected chi connectivity index (χ4v) is 7.30. The minimum atomic E-state index is -3.70. The average molecular weight is 780 g/mol. The second-order valence-electron chi connectivity index (χ2n) is 12.9. The molecule has 2 N–H and O–H groups in total. The van der Waals surface area contributed by atoms with Crippen LogP contribution in [-0.2, 0) is 54.4 Å².